The molecule has 0 radical (unpaired) electrons. The molecule has 0 saturated heterocycles. The molecule has 4 heteroatoms. The Labute approximate surface area is 78.3 Å². The molecule has 0 aliphatic carbocycles. The number of rotatable bonds is 5. The molecular weight excluding hydrogens is 210 g/mol. The van der Waals surface area contributed by atoms with E-state index < -0.39 is 19.0 Å². The Balaban J connectivity index is 4.18. The number of carbonyl (C=O) groups excluding carboxylic acids is 1. The van der Waals surface area contributed by atoms with E-state index in [9.17, 15) is 4.79 Å². The van der Waals surface area contributed by atoms with E-state index in [1.807, 2.05) is 0 Å². The highest BCUT2D eigenvalue weighted by Gasteiger charge is 2.05. The number of alkyl halides is 1. The molecule has 0 heterocycles. The van der Waals surface area contributed by atoms with Crippen molar-refractivity contribution in [3.8, 4) is 0 Å². The van der Waals surface area contributed by atoms with Crippen LogP contribution in [-0.4, -0.2) is 35.0 Å². The highest BCUT2D eigenvalue weighted by Crippen LogP contribution is 2.00. The molecule has 0 bridgehead atoms. The fraction of sp³-hybridized carbons (Fsp3) is 0.857. The van der Waals surface area contributed by atoms with Crippen molar-refractivity contribution in [3.63, 3.8) is 0 Å². The fourth-order valence-electron chi connectivity index (χ4n) is 0.461. The van der Waals surface area contributed by atoms with Crippen LogP contribution in [0.5, 0.6) is 0 Å². The van der Waals surface area contributed by atoms with Gasteiger partial charge < -0.3 is 10.0 Å². The van der Waals surface area contributed by atoms with Crippen LogP contribution in [0.3, 0.4) is 0 Å². The van der Waals surface area contributed by atoms with Gasteiger partial charge in [0.25, 0.3) is 0 Å². The van der Waals surface area contributed by atoms with Crippen molar-refractivity contribution in [2.75, 3.05) is 19.1 Å². The van der Waals surface area contributed by atoms with Crippen LogP contribution in [0, 0.1) is 0 Å². The quantitative estimate of drug-likeness (QED) is 0.560. The second-order valence-electron chi connectivity index (χ2n) is 2.11. The van der Waals surface area contributed by atoms with Gasteiger partial charge in [-0.2, -0.15) is 0 Å². The SMILES string of the molecule is [2H]C([2H])(CCCBr)C(=O)N(C)CO. The van der Waals surface area contributed by atoms with Crippen molar-refractivity contribution in [1.29, 1.82) is 0 Å². The van der Waals surface area contributed by atoms with E-state index >= 15 is 0 Å². The molecule has 0 rings (SSSR count). The van der Waals surface area contributed by atoms with E-state index in [2.05, 4.69) is 15.9 Å². The molecule has 1 amide bonds. The summed E-state index contributed by atoms with van der Waals surface area (Å²) in [7, 11) is 1.37. The van der Waals surface area contributed by atoms with Crippen LogP contribution < -0.4 is 0 Å². The molecule has 66 valence electrons. The van der Waals surface area contributed by atoms with Crippen LogP contribution in [0.15, 0.2) is 0 Å². The third-order valence-electron chi connectivity index (χ3n) is 1.15. The number of aliphatic hydroxyl groups excluding tert-OH is 1. The zero-order chi connectivity index (χ0) is 10.5. The summed E-state index contributed by atoms with van der Waals surface area (Å²) in [5.41, 5.74) is 0. The van der Waals surface area contributed by atoms with Crippen LogP contribution in [-0.2, 0) is 4.79 Å². The summed E-state index contributed by atoms with van der Waals surface area (Å²) in [6.07, 6.45) is -1.11. The number of aliphatic hydroxyl groups is 1. The van der Waals surface area contributed by atoms with Gasteiger partial charge in [0.15, 0.2) is 0 Å². The first-order chi connectivity index (χ1) is 5.95. The number of hydrogen-bond donors (Lipinski definition) is 1. The van der Waals surface area contributed by atoms with Crippen molar-refractivity contribution >= 4 is 21.8 Å². The maximum atomic E-state index is 11.3. The zero-order valence-corrected chi connectivity index (χ0v) is 8.10. The Bertz CT molecular complexity index is 178. The number of hydrogen-bond acceptors (Lipinski definition) is 2. The first-order valence-electron chi connectivity index (χ1n) is 4.38. The predicted molar refractivity (Wildman–Crippen MR) is 47.5 cm³/mol. The van der Waals surface area contributed by atoms with Crippen molar-refractivity contribution < 1.29 is 12.6 Å². The highest BCUT2D eigenvalue weighted by molar-refractivity contribution is 9.09. The molecule has 0 fully saturated rings. The Morgan fingerprint density at radius 3 is 2.82 bits per heavy atom. The normalized spacial score (nSPS) is 13.7. The topological polar surface area (TPSA) is 40.5 Å². The lowest BCUT2D eigenvalue weighted by Gasteiger charge is -2.12. The highest BCUT2D eigenvalue weighted by atomic mass is 79.9. The summed E-state index contributed by atoms with van der Waals surface area (Å²) >= 11 is 3.16. The molecule has 0 atom stereocenters. The van der Waals surface area contributed by atoms with Crippen molar-refractivity contribution in [1.82, 2.24) is 4.90 Å². The largest absolute Gasteiger partial charge is 0.376 e. The first kappa shape index (κ1) is 7.55. The molecule has 0 aliphatic heterocycles. The van der Waals surface area contributed by atoms with Crippen molar-refractivity contribution in [2.24, 2.45) is 0 Å². The number of carbonyl (C=O) groups is 1. The Kier molecular flexibility index (Phi) is 4.54. The first-order valence-corrected chi connectivity index (χ1v) is 4.50. The van der Waals surface area contributed by atoms with Crippen LogP contribution in [0.4, 0.5) is 0 Å². The second kappa shape index (κ2) is 6.61. The maximum absolute atomic E-state index is 11.3. The monoisotopic (exact) mass is 225 g/mol. The average Bonchev–Trinajstić information content (AvgIpc) is 2.12. The summed E-state index contributed by atoms with van der Waals surface area (Å²) < 4.78 is 14.8. The molecular formula is C7H14BrNO2. The Morgan fingerprint density at radius 2 is 2.36 bits per heavy atom. The van der Waals surface area contributed by atoms with Gasteiger partial charge in [-0.25, -0.2) is 0 Å². The van der Waals surface area contributed by atoms with Gasteiger partial charge in [-0.1, -0.05) is 15.9 Å². The number of halogens is 1. The van der Waals surface area contributed by atoms with Crippen LogP contribution in [0.1, 0.15) is 22.0 Å². The molecule has 0 aliphatic rings. The van der Waals surface area contributed by atoms with Gasteiger partial charge in [-0.3, -0.25) is 4.79 Å². The second-order valence-corrected chi connectivity index (χ2v) is 2.91. The van der Waals surface area contributed by atoms with E-state index in [0.717, 1.165) is 4.90 Å². The van der Waals surface area contributed by atoms with Crippen molar-refractivity contribution in [2.45, 2.75) is 19.2 Å². The molecule has 1 N–H and O–H groups in total. The third kappa shape index (κ3) is 5.21. The van der Waals surface area contributed by atoms with E-state index in [1.54, 1.807) is 0 Å². The summed E-state index contributed by atoms with van der Waals surface area (Å²) in [6.45, 7) is -0.452. The van der Waals surface area contributed by atoms with Gasteiger partial charge in [0.05, 0.1) is 0 Å². The van der Waals surface area contributed by atoms with Crippen LogP contribution in [0.2, 0.25) is 0 Å². The van der Waals surface area contributed by atoms with E-state index in [0.29, 0.717) is 11.8 Å². The van der Waals surface area contributed by atoms with E-state index in [1.165, 1.54) is 7.05 Å². The third-order valence-corrected chi connectivity index (χ3v) is 1.71. The van der Waals surface area contributed by atoms with Gasteiger partial charge in [0.1, 0.15) is 6.73 Å². The van der Waals surface area contributed by atoms with Gasteiger partial charge in [0, 0.05) is 21.5 Å². The summed E-state index contributed by atoms with van der Waals surface area (Å²) in [5, 5.41) is 9.29. The summed E-state index contributed by atoms with van der Waals surface area (Å²) in [5.74, 6) is -0.670. The van der Waals surface area contributed by atoms with E-state index in [4.69, 9.17) is 7.85 Å². The lowest BCUT2D eigenvalue weighted by atomic mass is 10.2. The minimum absolute atomic E-state index is 0.168. The number of amides is 1. The summed E-state index contributed by atoms with van der Waals surface area (Å²) in [6, 6.07) is 0. The summed E-state index contributed by atoms with van der Waals surface area (Å²) in [4.78, 5) is 12.2. The Morgan fingerprint density at radius 1 is 1.73 bits per heavy atom. The number of nitrogens with zero attached hydrogens (tertiary/aromatic N) is 1. The standard InChI is InChI=1S/C7H14BrNO2/c1-9(6-10)7(11)4-2-3-5-8/h10H,2-6H2,1H3/i4D2. The lowest BCUT2D eigenvalue weighted by Crippen LogP contribution is -2.27. The van der Waals surface area contributed by atoms with Crippen LogP contribution in [0.25, 0.3) is 0 Å². The van der Waals surface area contributed by atoms with Gasteiger partial charge in [0.2, 0.25) is 5.91 Å². The molecule has 0 spiro atoms. The van der Waals surface area contributed by atoms with Gasteiger partial charge >= 0.3 is 0 Å². The molecule has 0 aromatic heterocycles. The van der Waals surface area contributed by atoms with Gasteiger partial charge in [-0.15, -0.1) is 0 Å². The minimum atomic E-state index is -1.87. The lowest BCUT2D eigenvalue weighted by molar-refractivity contribution is -0.133. The smallest absolute Gasteiger partial charge is 0.224 e. The Hall–Kier alpha value is -0.0900. The predicted octanol–water partition coefficient (Wildman–Crippen LogP) is 0.960. The fourth-order valence-corrected chi connectivity index (χ4v) is 0.742. The van der Waals surface area contributed by atoms with Crippen LogP contribution >= 0.6 is 15.9 Å². The molecule has 0 aromatic rings. The van der Waals surface area contributed by atoms with Crippen molar-refractivity contribution in [3.05, 3.63) is 0 Å². The average molecular weight is 226 g/mol. The molecule has 0 saturated carbocycles. The maximum Gasteiger partial charge on any atom is 0.224 e. The molecule has 3 nitrogen and oxygen atoms in total. The van der Waals surface area contributed by atoms with Gasteiger partial charge in [-0.05, 0) is 12.8 Å². The molecule has 0 unspecified atom stereocenters. The molecule has 0 aromatic carbocycles. The minimum Gasteiger partial charge on any atom is -0.376 e. The van der Waals surface area contributed by atoms with E-state index in [-0.39, 0.29) is 6.42 Å². The molecule has 11 heavy (non-hydrogen) atoms. The zero-order valence-electron chi connectivity index (χ0n) is 8.51.